The van der Waals surface area contributed by atoms with Crippen LogP contribution in [0, 0.1) is 0 Å². The standard InChI is InChI=1S/C14H17F3N2O/c1-3-18-11(8-14(15,16)17)9-4-5-12-10(6-9)7-13(20)19(12)2/h4-6,11,18H,3,7-8H2,1-2H3. The number of halogens is 3. The summed E-state index contributed by atoms with van der Waals surface area (Å²) in [6.45, 7) is 2.23. The molecule has 3 nitrogen and oxygen atoms in total. The molecular weight excluding hydrogens is 269 g/mol. The largest absolute Gasteiger partial charge is 0.390 e. The summed E-state index contributed by atoms with van der Waals surface area (Å²) in [4.78, 5) is 13.1. The summed E-state index contributed by atoms with van der Waals surface area (Å²) in [6, 6.07) is 4.31. The number of alkyl halides is 3. The molecule has 1 N–H and O–H groups in total. The molecule has 2 rings (SSSR count). The molecule has 0 radical (unpaired) electrons. The van der Waals surface area contributed by atoms with Crippen molar-refractivity contribution >= 4 is 11.6 Å². The molecule has 1 heterocycles. The maximum absolute atomic E-state index is 12.6. The Hall–Kier alpha value is -1.56. The van der Waals surface area contributed by atoms with Gasteiger partial charge in [-0.2, -0.15) is 13.2 Å². The fourth-order valence-corrected chi connectivity index (χ4v) is 2.49. The fraction of sp³-hybridized carbons (Fsp3) is 0.500. The second-order valence-corrected chi connectivity index (χ2v) is 4.95. The normalized spacial score (nSPS) is 16.4. The SMILES string of the molecule is CCNC(CC(F)(F)F)c1ccc2c(c1)CC(=O)N2C. The minimum absolute atomic E-state index is 0.0343. The first-order chi connectivity index (χ1) is 9.31. The monoisotopic (exact) mass is 286 g/mol. The second kappa shape index (κ2) is 5.44. The van der Waals surface area contributed by atoms with Crippen LogP contribution in [0.15, 0.2) is 18.2 Å². The van der Waals surface area contributed by atoms with Crippen LogP contribution in [0.1, 0.15) is 30.5 Å². The van der Waals surface area contributed by atoms with Gasteiger partial charge in [-0.25, -0.2) is 0 Å². The number of benzene rings is 1. The van der Waals surface area contributed by atoms with Crippen molar-refractivity contribution in [3.05, 3.63) is 29.3 Å². The highest BCUT2D eigenvalue weighted by molar-refractivity contribution is 6.00. The lowest BCUT2D eigenvalue weighted by Gasteiger charge is -2.21. The molecule has 6 heteroatoms. The lowest BCUT2D eigenvalue weighted by Crippen LogP contribution is -2.26. The van der Waals surface area contributed by atoms with Gasteiger partial charge in [0.05, 0.1) is 12.8 Å². The zero-order chi connectivity index (χ0) is 14.9. The number of nitrogens with zero attached hydrogens (tertiary/aromatic N) is 1. The molecule has 1 unspecified atom stereocenters. The van der Waals surface area contributed by atoms with E-state index < -0.39 is 18.6 Å². The molecule has 0 saturated heterocycles. The molecule has 20 heavy (non-hydrogen) atoms. The molecule has 1 aliphatic rings. The van der Waals surface area contributed by atoms with Gasteiger partial charge in [-0.15, -0.1) is 0 Å². The van der Waals surface area contributed by atoms with E-state index in [-0.39, 0.29) is 12.3 Å². The number of rotatable bonds is 4. The Balaban J connectivity index is 2.27. The summed E-state index contributed by atoms with van der Waals surface area (Å²) in [5.74, 6) is -0.0343. The van der Waals surface area contributed by atoms with Crippen LogP contribution in [0.2, 0.25) is 0 Å². The molecule has 1 amide bonds. The van der Waals surface area contributed by atoms with Crippen LogP contribution in [0.4, 0.5) is 18.9 Å². The van der Waals surface area contributed by atoms with Crippen LogP contribution >= 0.6 is 0 Å². The van der Waals surface area contributed by atoms with Crippen molar-refractivity contribution in [2.24, 2.45) is 0 Å². The number of nitrogens with one attached hydrogen (secondary N) is 1. The average Bonchev–Trinajstić information content (AvgIpc) is 2.62. The molecule has 0 fully saturated rings. The zero-order valence-electron chi connectivity index (χ0n) is 11.4. The molecular formula is C14H17F3N2O. The molecule has 1 aromatic carbocycles. The lowest BCUT2D eigenvalue weighted by molar-refractivity contribution is -0.140. The molecule has 0 spiro atoms. The number of hydrogen-bond donors (Lipinski definition) is 1. The molecule has 0 aliphatic carbocycles. The predicted octanol–water partition coefficient (Wildman–Crippen LogP) is 2.81. The molecule has 1 atom stereocenters. The van der Waals surface area contributed by atoms with Crippen LogP contribution in [-0.2, 0) is 11.2 Å². The van der Waals surface area contributed by atoms with Gasteiger partial charge in [0.2, 0.25) is 5.91 Å². The van der Waals surface area contributed by atoms with Crippen molar-refractivity contribution in [1.29, 1.82) is 0 Å². The number of hydrogen-bond acceptors (Lipinski definition) is 2. The first kappa shape index (κ1) is 14.8. The quantitative estimate of drug-likeness (QED) is 0.923. The number of carbonyl (C=O) groups excluding carboxylic acids is 1. The van der Waals surface area contributed by atoms with Crippen molar-refractivity contribution in [1.82, 2.24) is 5.32 Å². The molecule has 0 bridgehead atoms. The van der Waals surface area contributed by atoms with E-state index in [2.05, 4.69) is 5.32 Å². The van der Waals surface area contributed by atoms with Crippen molar-refractivity contribution < 1.29 is 18.0 Å². The zero-order valence-corrected chi connectivity index (χ0v) is 11.4. The van der Waals surface area contributed by atoms with E-state index in [1.54, 1.807) is 32.2 Å². The molecule has 0 saturated carbocycles. The van der Waals surface area contributed by atoms with Gasteiger partial charge >= 0.3 is 6.18 Å². The van der Waals surface area contributed by atoms with E-state index in [1.165, 1.54) is 4.90 Å². The van der Waals surface area contributed by atoms with Crippen molar-refractivity contribution in [3.63, 3.8) is 0 Å². The highest BCUT2D eigenvalue weighted by atomic mass is 19.4. The molecule has 1 aromatic rings. The molecule has 0 aromatic heterocycles. The number of carbonyl (C=O) groups is 1. The number of anilines is 1. The van der Waals surface area contributed by atoms with E-state index >= 15 is 0 Å². The summed E-state index contributed by atoms with van der Waals surface area (Å²) in [7, 11) is 1.67. The first-order valence-electron chi connectivity index (χ1n) is 6.51. The van der Waals surface area contributed by atoms with Gasteiger partial charge < -0.3 is 10.2 Å². The van der Waals surface area contributed by atoms with Gasteiger partial charge in [-0.05, 0) is 23.7 Å². The number of likely N-dealkylation sites (N-methyl/N-ethyl adjacent to an activating group) is 1. The minimum atomic E-state index is -4.22. The smallest absolute Gasteiger partial charge is 0.315 e. The third kappa shape index (κ3) is 3.12. The predicted molar refractivity (Wildman–Crippen MR) is 70.6 cm³/mol. The Bertz CT molecular complexity index is 514. The number of fused-ring (bicyclic) bond motifs is 1. The van der Waals surface area contributed by atoms with Gasteiger partial charge in [-0.3, -0.25) is 4.79 Å². The van der Waals surface area contributed by atoms with Gasteiger partial charge in [0.15, 0.2) is 0 Å². The fourth-order valence-electron chi connectivity index (χ4n) is 2.49. The second-order valence-electron chi connectivity index (χ2n) is 4.95. The van der Waals surface area contributed by atoms with Crippen molar-refractivity contribution in [2.75, 3.05) is 18.5 Å². The molecule has 1 aliphatic heterocycles. The summed E-state index contributed by atoms with van der Waals surface area (Å²) in [6.07, 6.45) is -4.88. The van der Waals surface area contributed by atoms with E-state index in [1.807, 2.05) is 0 Å². The summed E-state index contributed by atoms with van der Waals surface area (Å²) >= 11 is 0. The Kier molecular flexibility index (Phi) is 4.04. The van der Waals surface area contributed by atoms with E-state index in [9.17, 15) is 18.0 Å². The van der Waals surface area contributed by atoms with E-state index in [4.69, 9.17) is 0 Å². The maximum atomic E-state index is 12.6. The summed E-state index contributed by atoms with van der Waals surface area (Å²) in [5.41, 5.74) is 2.15. The minimum Gasteiger partial charge on any atom is -0.315 e. The Labute approximate surface area is 115 Å². The average molecular weight is 286 g/mol. The van der Waals surface area contributed by atoms with Gasteiger partial charge in [-0.1, -0.05) is 19.1 Å². The maximum Gasteiger partial charge on any atom is 0.390 e. The lowest BCUT2D eigenvalue weighted by atomic mass is 9.99. The topological polar surface area (TPSA) is 32.3 Å². The highest BCUT2D eigenvalue weighted by Crippen LogP contribution is 2.34. The third-order valence-electron chi connectivity index (χ3n) is 3.47. The van der Waals surface area contributed by atoms with E-state index in [0.717, 1.165) is 11.3 Å². The van der Waals surface area contributed by atoms with Gasteiger partial charge in [0.25, 0.3) is 0 Å². The summed E-state index contributed by atoms with van der Waals surface area (Å²) < 4.78 is 37.8. The van der Waals surface area contributed by atoms with Crippen LogP contribution < -0.4 is 10.2 Å². The van der Waals surface area contributed by atoms with Crippen LogP contribution in [0.5, 0.6) is 0 Å². The van der Waals surface area contributed by atoms with E-state index in [0.29, 0.717) is 12.1 Å². The molecule has 110 valence electrons. The highest BCUT2D eigenvalue weighted by Gasteiger charge is 2.33. The van der Waals surface area contributed by atoms with Gasteiger partial charge in [0.1, 0.15) is 0 Å². The van der Waals surface area contributed by atoms with Crippen LogP contribution in [-0.4, -0.2) is 25.7 Å². The third-order valence-corrected chi connectivity index (χ3v) is 3.47. The van der Waals surface area contributed by atoms with Gasteiger partial charge in [0, 0.05) is 18.8 Å². The first-order valence-corrected chi connectivity index (χ1v) is 6.51. The van der Waals surface area contributed by atoms with Crippen LogP contribution in [0.3, 0.4) is 0 Å². The Morgan fingerprint density at radius 3 is 2.70 bits per heavy atom. The van der Waals surface area contributed by atoms with Crippen molar-refractivity contribution in [3.8, 4) is 0 Å². The Morgan fingerprint density at radius 2 is 2.10 bits per heavy atom. The Morgan fingerprint density at radius 1 is 1.40 bits per heavy atom. The summed E-state index contributed by atoms with van der Waals surface area (Å²) in [5, 5.41) is 2.85. The van der Waals surface area contributed by atoms with Crippen LogP contribution in [0.25, 0.3) is 0 Å². The number of amides is 1. The van der Waals surface area contributed by atoms with Crippen molar-refractivity contribution in [2.45, 2.75) is 32.0 Å².